The highest BCUT2D eigenvalue weighted by atomic mass is 16.6. The van der Waals surface area contributed by atoms with Crippen molar-refractivity contribution in [1.82, 2.24) is 4.90 Å². The predicted molar refractivity (Wildman–Crippen MR) is 93.5 cm³/mol. The molecule has 1 amide bonds. The Labute approximate surface area is 140 Å². The number of benzene rings is 1. The van der Waals surface area contributed by atoms with Gasteiger partial charge >= 0.3 is 6.09 Å². The second kappa shape index (κ2) is 6.91. The minimum absolute atomic E-state index is 0.0215. The van der Waals surface area contributed by atoms with Gasteiger partial charge in [-0.05, 0) is 46.1 Å². The lowest BCUT2D eigenvalue weighted by atomic mass is 9.83. The third-order valence-corrected chi connectivity index (χ3v) is 4.43. The van der Waals surface area contributed by atoms with Gasteiger partial charge in [-0.15, -0.1) is 0 Å². The molecule has 0 aromatic heterocycles. The number of carbonyl (C=O) groups excluding carboxylic acids is 1. The number of hydrogen-bond acceptors (Lipinski definition) is 3. The first kappa shape index (κ1) is 17.8. The van der Waals surface area contributed by atoms with Crippen LogP contribution in [-0.2, 0) is 4.74 Å². The average Bonchev–Trinajstić information content (AvgIpc) is 2.44. The van der Waals surface area contributed by atoms with E-state index in [4.69, 9.17) is 10.5 Å². The van der Waals surface area contributed by atoms with E-state index in [1.54, 1.807) is 0 Å². The second-order valence-electron chi connectivity index (χ2n) is 7.62. The van der Waals surface area contributed by atoms with Crippen molar-refractivity contribution in [2.45, 2.75) is 71.1 Å². The van der Waals surface area contributed by atoms with Crippen LogP contribution in [0.3, 0.4) is 0 Å². The Morgan fingerprint density at radius 1 is 1.39 bits per heavy atom. The zero-order valence-corrected chi connectivity index (χ0v) is 15.0. The first-order chi connectivity index (χ1) is 10.7. The van der Waals surface area contributed by atoms with Crippen LogP contribution in [0, 0.1) is 6.92 Å². The van der Waals surface area contributed by atoms with Gasteiger partial charge in [0.15, 0.2) is 0 Å². The van der Waals surface area contributed by atoms with E-state index in [2.05, 4.69) is 38.1 Å². The van der Waals surface area contributed by atoms with Crippen molar-refractivity contribution in [3.05, 3.63) is 35.4 Å². The molecule has 23 heavy (non-hydrogen) atoms. The second-order valence-corrected chi connectivity index (χ2v) is 7.62. The van der Waals surface area contributed by atoms with Crippen molar-refractivity contribution in [2.24, 2.45) is 5.73 Å². The summed E-state index contributed by atoms with van der Waals surface area (Å²) in [5.41, 5.74) is 8.39. The van der Waals surface area contributed by atoms with Gasteiger partial charge in [0.05, 0.1) is 0 Å². The highest BCUT2D eigenvalue weighted by molar-refractivity contribution is 5.69. The Morgan fingerprint density at radius 3 is 2.65 bits per heavy atom. The van der Waals surface area contributed by atoms with Crippen LogP contribution >= 0.6 is 0 Å². The molecule has 128 valence electrons. The van der Waals surface area contributed by atoms with Gasteiger partial charge in [0.1, 0.15) is 5.60 Å². The first-order valence-electron chi connectivity index (χ1n) is 8.53. The molecule has 1 aliphatic rings. The van der Waals surface area contributed by atoms with Crippen molar-refractivity contribution >= 4 is 6.09 Å². The summed E-state index contributed by atoms with van der Waals surface area (Å²) in [6.45, 7) is 10.5. The molecule has 0 radical (unpaired) electrons. The van der Waals surface area contributed by atoms with Crippen molar-refractivity contribution in [3.8, 4) is 0 Å². The predicted octanol–water partition coefficient (Wildman–Crippen LogP) is 3.83. The number of nitrogens with zero attached hydrogens (tertiary/aromatic N) is 1. The zero-order chi connectivity index (χ0) is 17.2. The average molecular weight is 318 g/mol. The number of carbonyl (C=O) groups is 1. The number of nitrogens with two attached hydrogens (primary N) is 1. The molecule has 0 saturated carbocycles. The molecule has 4 nitrogen and oxygen atoms in total. The van der Waals surface area contributed by atoms with Gasteiger partial charge < -0.3 is 15.4 Å². The Hall–Kier alpha value is -1.55. The summed E-state index contributed by atoms with van der Waals surface area (Å²) in [4.78, 5) is 14.5. The summed E-state index contributed by atoms with van der Waals surface area (Å²) >= 11 is 0. The van der Waals surface area contributed by atoms with Gasteiger partial charge in [-0.25, -0.2) is 4.79 Å². The largest absolute Gasteiger partial charge is 0.444 e. The molecule has 1 aromatic carbocycles. The standard InChI is InChI=1S/C19H30N2O2/c1-6-17-16(20)11-15(14-9-7-8-13(2)10-14)12-21(17)18(22)23-19(3,4)5/h7-10,15-17H,6,11-12,20H2,1-5H3. The minimum Gasteiger partial charge on any atom is -0.444 e. The molecule has 4 heteroatoms. The van der Waals surface area contributed by atoms with Crippen molar-refractivity contribution in [2.75, 3.05) is 6.54 Å². The summed E-state index contributed by atoms with van der Waals surface area (Å²) in [6.07, 6.45) is 1.50. The number of amides is 1. The van der Waals surface area contributed by atoms with Crippen LogP contribution in [0.4, 0.5) is 4.79 Å². The van der Waals surface area contributed by atoms with E-state index in [1.165, 1.54) is 11.1 Å². The van der Waals surface area contributed by atoms with Gasteiger partial charge in [0.2, 0.25) is 0 Å². The third kappa shape index (κ3) is 4.47. The normalized spacial score (nSPS) is 25.3. The summed E-state index contributed by atoms with van der Waals surface area (Å²) in [7, 11) is 0. The van der Waals surface area contributed by atoms with E-state index >= 15 is 0 Å². The number of piperidine rings is 1. The third-order valence-electron chi connectivity index (χ3n) is 4.43. The lowest BCUT2D eigenvalue weighted by Crippen LogP contribution is -2.57. The highest BCUT2D eigenvalue weighted by Crippen LogP contribution is 2.32. The number of ether oxygens (including phenoxy) is 1. The fraction of sp³-hybridized carbons (Fsp3) is 0.632. The maximum atomic E-state index is 12.6. The van der Waals surface area contributed by atoms with E-state index in [-0.39, 0.29) is 24.1 Å². The fourth-order valence-electron chi connectivity index (χ4n) is 3.38. The van der Waals surface area contributed by atoms with Crippen LogP contribution in [0.25, 0.3) is 0 Å². The van der Waals surface area contributed by atoms with E-state index in [1.807, 2.05) is 25.7 Å². The molecule has 0 aliphatic carbocycles. The molecule has 0 spiro atoms. The van der Waals surface area contributed by atoms with Gasteiger partial charge in [0, 0.05) is 24.5 Å². The van der Waals surface area contributed by atoms with E-state index in [9.17, 15) is 4.79 Å². The summed E-state index contributed by atoms with van der Waals surface area (Å²) in [6, 6.07) is 8.51. The minimum atomic E-state index is -0.490. The van der Waals surface area contributed by atoms with Crippen LogP contribution in [0.15, 0.2) is 24.3 Å². The van der Waals surface area contributed by atoms with Crippen molar-refractivity contribution < 1.29 is 9.53 Å². The summed E-state index contributed by atoms with van der Waals surface area (Å²) < 4.78 is 5.60. The molecule has 0 bridgehead atoms. The highest BCUT2D eigenvalue weighted by Gasteiger charge is 2.38. The Morgan fingerprint density at radius 2 is 2.09 bits per heavy atom. The molecule has 2 N–H and O–H groups in total. The van der Waals surface area contributed by atoms with Gasteiger partial charge in [-0.2, -0.15) is 0 Å². The molecule has 1 aromatic rings. The maximum Gasteiger partial charge on any atom is 0.410 e. The summed E-state index contributed by atoms with van der Waals surface area (Å²) in [5.74, 6) is 0.264. The number of hydrogen-bond donors (Lipinski definition) is 1. The van der Waals surface area contributed by atoms with Crippen molar-refractivity contribution in [3.63, 3.8) is 0 Å². The first-order valence-corrected chi connectivity index (χ1v) is 8.53. The van der Waals surface area contributed by atoms with Crippen LogP contribution in [0.2, 0.25) is 0 Å². The quantitative estimate of drug-likeness (QED) is 0.901. The Balaban J connectivity index is 2.22. The lowest BCUT2D eigenvalue weighted by Gasteiger charge is -2.43. The van der Waals surface area contributed by atoms with E-state index in [0.717, 1.165) is 12.8 Å². The van der Waals surface area contributed by atoms with E-state index < -0.39 is 5.60 Å². The van der Waals surface area contributed by atoms with Crippen LogP contribution in [0.5, 0.6) is 0 Å². The van der Waals surface area contributed by atoms with Crippen LogP contribution < -0.4 is 5.73 Å². The molecule has 3 unspecified atom stereocenters. The monoisotopic (exact) mass is 318 g/mol. The van der Waals surface area contributed by atoms with Gasteiger partial charge in [-0.1, -0.05) is 36.8 Å². The van der Waals surface area contributed by atoms with E-state index in [0.29, 0.717) is 6.54 Å². The fourth-order valence-corrected chi connectivity index (χ4v) is 3.38. The molecule has 3 atom stereocenters. The van der Waals surface area contributed by atoms with Gasteiger partial charge in [-0.3, -0.25) is 0 Å². The number of likely N-dealkylation sites (tertiary alicyclic amines) is 1. The Kier molecular flexibility index (Phi) is 5.35. The molecule has 1 fully saturated rings. The van der Waals surface area contributed by atoms with Gasteiger partial charge in [0.25, 0.3) is 0 Å². The SMILES string of the molecule is CCC1C(N)CC(c2cccc(C)c2)CN1C(=O)OC(C)(C)C. The smallest absolute Gasteiger partial charge is 0.410 e. The molecular weight excluding hydrogens is 288 g/mol. The zero-order valence-electron chi connectivity index (χ0n) is 15.0. The van der Waals surface area contributed by atoms with Crippen LogP contribution in [0.1, 0.15) is 57.6 Å². The number of rotatable bonds is 2. The molecule has 1 aliphatic heterocycles. The molecular formula is C19H30N2O2. The molecule has 2 rings (SSSR count). The maximum absolute atomic E-state index is 12.6. The topological polar surface area (TPSA) is 55.6 Å². The van der Waals surface area contributed by atoms with Crippen LogP contribution in [-0.4, -0.2) is 35.2 Å². The van der Waals surface area contributed by atoms with Crippen molar-refractivity contribution in [1.29, 1.82) is 0 Å². The summed E-state index contributed by atoms with van der Waals surface area (Å²) in [5, 5.41) is 0. The molecule has 1 heterocycles. The lowest BCUT2D eigenvalue weighted by molar-refractivity contribution is 0.00354. The number of aryl methyl sites for hydroxylation is 1. The molecule has 1 saturated heterocycles. The Bertz CT molecular complexity index is 551.